The van der Waals surface area contributed by atoms with Crippen LogP contribution in [0.3, 0.4) is 0 Å². The molecule has 8 nitrogen and oxygen atoms in total. The molecule has 3 N–H and O–H groups in total. The predicted molar refractivity (Wildman–Crippen MR) is 99.7 cm³/mol. The Morgan fingerprint density at radius 1 is 1.25 bits per heavy atom. The van der Waals surface area contributed by atoms with Crippen LogP contribution in [0.25, 0.3) is 0 Å². The summed E-state index contributed by atoms with van der Waals surface area (Å²) in [7, 11) is -4.13. The predicted octanol–water partition coefficient (Wildman–Crippen LogP) is 2.64. The summed E-state index contributed by atoms with van der Waals surface area (Å²) >= 11 is 0. The van der Waals surface area contributed by atoms with Gasteiger partial charge in [-0.15, -0.1) is 0 Å². The van der Waals surface area contributed by atoms with Crippen LogP contribution in [0.2, 0.25) is 0 Å². The number of nitrogens with zero attached hydrogens (tertiary/aromatic N) is 1. The number of aliphatic hydroxyl groups is 1. The van der Waals surface area contributed by atoms with Crippen molar-refractivity contribution < 1.29 is 32.6 Å². The lowest BCUT2D eigenvalue weighted by Crippen LogP contribution is -2.52. The maximum absolute atomic E-state index is 13.2. The summed E-state index contributed by atoms with van der Waals surface area (Å²) in [6.07, 6.45) is -2.19. The molecule has 0 spiro atoms. The van der Waals surface area contributed by atoms with E-state index in [0.717, 1.165) is 28.6 Å². The zero-order chi connectivity index (χ0) is 20.7. The van der Waals surface area contributed by atoms with Gasteiger partial charge < -0.3 is 14.9 Å². The zero-order valence-electron chi connectivity index (χ0n) is 15.1. The van der Waals surface area contributed by atoms with Crippen molar-refractivity contribution in [2.24, 2.45) is 0 Å². The third kappa shape index (κ3) is 3.87. The van der Waals surface area contributed by atoms with Gasteiger partial charge in [0, 0.05) is 5.69 Å². The smallest absolute Gasteiger partial charge is 0.409 e. The van der Waals surface area contributed by atoms with Crippen molar-refractivity contribution in [3.8, 4) is 5.75 Å². The highest BCUT2D eigenvalue weighted by atomic mass is 32.2. The molecule has 28 heavy (non-hydrogen) atoms. The van der Waals surface area contributed by atoms with E-state index in [1.54, 1.807) is 0 Å². The first-order valence-corrected chi connectivity index (χ1v) is 9.74. The van der Waals surface area contributed by atoms with Gasteiger partial charge in [0.15, 0.2) is 0 Å². The van der Waals surface area contributed by atoms with Crippen LogP contribution >= 0.6 is 0 Å². The Morgan fingerprint density at radius 3 is 2.46 bits per heavy atom. The minimum atomic E-state index is -4.13. The van der Waals surface area contributed by atoms with Crippen molar-refractivity contribution in [2.75, 3.05) is 16.2 Å². The molecule has 1 atom stereocenters. The third-order valence-corrected chi connectivity index (χ3v) is 6.06. The molecule has 1 unspecified atom stereocenters. The largest absolute Gasteiger partial charge is 0.483 e. The molecular weight excluding hydrogens is 391 g/mol. The summed E-state index contributed by atoms with van der Waals surface area (Å²) < 4.78 is 46.4. The SMILES string of the molecule is CC(C)(O)C1CN(S(=O)(=O)c2ccc(F)cc2)c2cc(NC(=O)O)ccc2O1. The minimum Gasteiger partial charge on any atom is -0.483 e. The molecule has 1 aliphatic heterocycles. The molecule has 0 aliphatic carbocycles. The Bertz CT molecular complexity index is 1000. The van der Waals surface area contributed by atoms with E-state index in [1.807, 2.05) is 0 Å². The summed E-state index contributed by atoms with van der Waals surface area (Å²) in [6, 6.07) is 8.50. The molecule has 2 aromatic carbocycles. The Kier molecular flexibility index (Phi) is 4.94. The maximum atomic E-state index is 13.2. The lowest BCUT2D eigenvalue weighted by molar-refractivity contribution is -0.0313. The van der Waals surface area contributed by atoms with E-state index in [0.29, 0.717) is 0 Å². The second-order valence-electron chi connectivity index (χ2n) is 6.86. The average molecular weight is 410 g/mol. The summed E-state index contributed by atoms with van der Waals surface area (Å²) in [5.41, 5.74) is -1.10. The number of sulfonamides is 1. The molecule has 0 saturated heterocycles. The van der Waals surface area contributed by atoms with Gasteiger partial charge in [-0.25, -0.2) is 17.6 Å². The van der Waals surface area contributed by atoms with Gasteiger partial charge >= 0.3 is 6.09 Å². The molecule has 150 valence electrons. The highest BCUT2D eigenvalue weighted by Crippen LogP contribution is 2.40. The molecule has 0 bridgehead atoms. The monoisotopic (exact) mass is 410 g/mol. The first kappa shape index (κ1) is 19.9. The van der Waals surface area contributed by atoms with Gasteiger partial charge in [-0.3, -0.25) is 9.62 Å². The normalized spacial score (nSPS) is 16.9. The fraction of sp³-hybridized carbons (Fsp3) is 0.278. The van der Waals surface area contributed by atoms with Gasteiger partial charge in [0.05, 0.1) is 22.7 Å². The van der Waals surface area contributed by atoms with E-state index in [9.17, 15) is 22.7 Å². The van der Waals surface area contributed by atoms with Crippen molar-refractivity contribution >= 4 is 27.5 Å². The first-order valence-electron chi connectivity index (χ1n) is 8.30. The maximum Gasteiger partial charge on any atom is 0.409 e. The fourth-order valence-corrected chi connectivity index (χ4v) is 4.25. The van der Waals surface area contributed by atoms with E-state index in [2.05, 4.69) is 5.32 Å². The number of fused-ring (bicyclic) bond motifs is 1. The van der Waals surface area contributed by atoms with Crippen molar-refractivity contribution in [2.45, 2.75) is 30.4 Å². The third-order valence-electron chi connectivity index (χ3n) is 4.27. The summed E-state index contributed by atoms with van der Waals surface area (Å²) in [5.74, 6) is -0.413. The first-order chi connectivity index (χ1) is 13.0. The minimum absolute atomic E-state index is 0.107. The number of rotatable bonds is 4. The molecule has 1 heterocycles. The number of benzene rings is 2. The lowest BCUT2D eigenvalue weighted by Gasteiger charge is -2.40. The number of carbonyl (C=O) groups is 1. The van der Waals surface area contributed by atoms with Crippen LogP contribution in [-0.2, 0) is 10.0 Å². The molecule has 0 radical (unpaired) electrons. The number of anilines is 2. The van der Waals surface area contributed by atoms with Gasteiger partial charge in [-0.1, -0.05) is 0 Å². The van der Waals surface area contributed by atoms with E-state index >= 15 is 0 Å². The van der Waals surface area contributed by atoms with E-state index in [1.165, 1.54) is 32.0 Å². The van der Waals surface area contributed by atoms with Crippen molar-refractivity contribution in [3.05, 3.63) is 48.3 Å². The standard InChI is InChI=1S/C18H19FN2O6S/c1-18(2,24)16-10-21(28(25,26)13-6-3-11(19)4-7-13)14-9-12(20-17(22)23)5-8-15(14)27-16/h3-9,16,20,24H,10H2,1-2H3,(H,22,23). The van der Waals surface area contributed by atoms with E-state index in [4.69, 9.17) is 9.84 Å². The lowest BCUT2D eigenvalue weighted by atomic mass is 10.0. The Balaban J connectivity index is 2.12. The van der Waals surface area contributed by atoms with Crippen LogP contribution in [0.1, 0.15) is 13.8 Å². The second-order valence-corrected chi connectivity index (χ2v) is 8.73. The molecule has 0 saturated carbocycles. The van der Waals surface area contributed by atoms with Crippen molar-refractivity contribution in [1.29, 1.82) is 0 Å². The zero-order valence-corrected chi connectivity index (χ0v) is 15.9. The molecule has 10 heteroatoms. The van der Waals surface area contributed by atoms with Crippen molar-refractivity contribution in [3.63, 3.8) is 0 Å². The number of ether oxygens (including phenoxy) is 1. The summed E-state index contributed by atoms with van der Waals surface area (Å²) in [6.45, 7) is 2.77. The Labute approximate surface area is 161 Å². The van der Waals surface area contributed by atoms with Crippen LogP contribution in [-0.4, -0.2) is 43.0 Å². The topological polar surface area (TPSA) is 116 Å². The van der Waals surface area contributed by atoms with Gasteiger partial charge in [-0.05, 0) is 56.3 Å². The fourth-order valence-electron chi connectivity index (χ4n) is 2.78. The van der Waals surface area contributed by atoms with Gasteiger partial charge in [-0.2, -0.15) is 0 Å². The number of nitrogens with one attached hydrogen (secondary N) is 1. The molecule has 1 aliphatic rings. The molecule has 2 aromatic rings. The van der Waals surface area contributed by atoms with Crippen LogP contribution in [0, 0.1) is 5.82 Å². The van der Waals surface area contributed by atoms with Crippen LogP contribution in [0.15, 0.2) is 47.4 Å². The number of hydrogen-bond donors (Lipinski definition) is 3. The number of carboxylic acid groups (broad SMARTS) is 1. The molecule has 0 aromatic heterocycles. The van der Waals surface area contributed by atoms with Gasteiger partial charge in [0.1, 0.15) is 17.7 Å². The number of halogens is 1. The molecule has 1 amide bonds. The summed E-state index contributed by atoms with van der Waals surface area (Å²) in [4.78, 5) is 10.8. The number of amides is 1. The van der Waals surface area contributed by atoms with Crippen LogP contribution in [0.5, 0.6) is 5.75 Å². The summed E-state index contributed by atoms with van der Waals surface area (Å²) in [5, 5.41) is 21.4. The van der Waals surface area contributed by atoms with Crippen LogP contribution < -0.4 is 14.4 Å². The molecule has 0 fully saturated rings. The van der Waals surface area contributed by atoms with E-state index in [-0.39, 0.29) is 28.6 Å². The Morgan fingerprint density at radius 2 is 1.89 bits per heavy atom. The van der Waals surface area contributed by atoms with Crippen molar-refractivity contribution in [1.82, 2.24) is 0 Å². The van der Waals surface area contributed by atoms with E-state index < -0.39 is 33.6 Å². The van der Waals surface area contributed by atoms with Crippen LogP contribution in [0.4, 0.5) is 20.6 Å². The number of hydrogen-bond acceptors (Lipinski definition) is 5. The molecular formula is C18H19FN2O6S. The Hall–Kier alpha value is -2.85. The molecule has 3 rings (SSSR count). The quantitative estimate of drug-likeness (QED) is 0.714. The highest BCUT2D eigenvalue weighted by Gasteiger charge is 2.40. The van der Waals surface area contributed by atoms with Gasteiger partial charge in [0.2, 0.25) is 0 Å². The van der Waals surface area contributed by atoms with Gasteiger partial charge in [0.25, 0.3) is 10.0 Å². The average Bonchev–Trinajstić information content (AvgIpc) is 2.59. The highest BCUT2D eigenvalue weighted by molar-refractivity contribution is 7.92. The second kappa shape index (κ2) is 6.95.